The molecule has 0 saturated carbocycles. The molecule has 0 bridgehead atoms. The molecule has 0 unspecified atom stereocenters. The minimum atomic E-state index is 0.541. The Hall–Kier alpha value is -2.54. The topological polar surface area (TPSA) is 69.2 Å². The quantitative estimate of drug-likeness (QED) is 0.124. The molecule has 1 aromatic carbocycles. The number of rotatable bonds is 12. The normalized spacial score (nSPS) is 11.4. The van der Waals surface area contributed by atoms with E-state index in [1.54, 1.807) is 11.8 Å². The van der Waals surface area contributed by atoms with Gasteiger partial charge in [-0.05, 0) is 31.1 Å². The standard InChI is InChI=1S/C23H32N6S/c1-4-7-14-30-22-15-21(29(12-5-2)13-6-3)26-23(27-22)28-25-17-18-16-24-20-11-9-8-10-19(18)20/h8-11,15-17,24H,4-7,12-14H2,1-3H3,(H,26,27,28)/b25-17+. The van der Waals surface area contributed by atoms with Crippen LogP contribution in [0.25, 0.3) is 10.9 Å². The van der Waals surface area contributed by atoms with Crippen LogP contribution in [0.5, 0.6) is 0 Å². The molecule has 0 aliphatic rings. The molecule has 2 heterocycles. The summed E-state index contributed by atoms with van der Waals surface area (Å²) < 4.78 is 0. The van der Waals surface area contributed by atoms with Crippen molar-refractivity contribution in [1.29, 1.82) is 0 Å². The van der Waals surface area contributed by atoms with Gasteiger partial charge in [0.2, 0.25) is 5.95 Å². The summed E-state index contributed by atoms with van der Waals surface area (Å²) >= 11 is 1.79. The fraction of sp³-hybridized carbons (Fsp3) is 0.435. The van der Waals surface area contributed by atoms with Gasteiger partial charge in [0.25, 0.3) is 0 Å². The number of anilines is 2. The number of unbranched alkanes of at least 4 members (excludes halogenated alkanes) is 1. The molecule has 6 nitrogen and oxygen atoms in total. The van der Waals surface area contributed by atoms with Gasteiger partial charge < -0.3 is 9.88 Å². The molecular weight excluding hydrogens is 392 g/mol. The Kier molecular flexibility index (Phi) is 8.56. The lowest BCUT2D eigenvalue weighted by Gasteiger charge is -2.23. The second-order valence-corrected chi connectivity index (χ2v) is 8.35. The van der Waals surface area contributed by atoms with E-state index in [0.29, 0.717) is 5.95 Å². The number of para-hydroxylation sites is 1. The van der Waals surface area contributed by atoms with E-state index >= 15 is 0 Å². The number of H-pyrrole nitrogens is 1. The van der Waals surface area contributed by atoms with E-state index in [1.165, 1.54) is 12.8 Å². The summed E-state index contributed by atoms with van der Waals surface area (Å²) in [6.07, 6.45) is 8.31. The minimum absolute atomic E-state index is 0.541. The Balaban J connectivity index is 1.80. The summed E-state index contributed by atoms with van der Waals surface area (Å²) in [6.45, 7) is 8.59. The van der Waals surface area contributed by atoms with Crippen LogP contribution in [0.4, 0.5) is 11.8 Å². The third-order valence-electron chi connectivity index (χ3n) is 4.74. The average molecular weight is 425 g/mol. The van der Waals surface area contributed by atoms with Gasteiger partial charge in [0.05, 0.1) is 6.21 Å². The monoisotopic (exact) mass is 424 g/mol. The molecule has 3 aromatic rings. The van der Waals surface area contributed by atoms with Gasteiger partial charge in [0.15, 0.2) is 0 Å². The highest BCUT2D eigenvalue weighted by Crippen LogP contribution is 2.24. The number of thioether (sulfide) groups is 1. The van der Waals surface area contributed by atoms with E-state index in [2.05, 4.69) is 64.4 Å². The van der Waals surface area contributed by atoms with Gasteiger partial charge >= 0.3 is 0 Å². The molecule has 0 saturated heterocycles. The van der Waals surface area contributed by atoms with E-state index in [-0.39, 0.29) is 0 Å². The van der Waals surface area contributed by atoms with E-state index in [4.69, 9.17) is 4.98 Å². The highest BCUT2D eigenvalue weighted by atomic mass is 32.2. The van der Waals surface area contributed by atoms with Crippen molar-refractivity contribution in [1.82, 2.24) is 15.0 Å². The number of nitrogens with zero attached hydrogens (tertiary/aromatic N) is 4. The smallest absolute Gasteiger partial charge is 0.246 e. The molecule has 0 amide bonds. The average Bonchev–Trinajstić information content (AvgIpc) is 3.17. The Morgan fingerprint density at radius 1 is 1.10 bits per heavy atom. The molecule has 7 heteroatoms. The molecule has 3 rings (SSSR count). The molecular formula is C23H32N6S. The summed E-state index contributed by atoms with van der Waals surface area (Å²) in [7, 11) is 0. The van der Waals surface area contributed by atoms with Crippen molar-refractivity contribution in [3.63, 3.8) is 0 Å². The van der Waals surface area contributed by atoms with Crippen LogP contribution in [-0.2, 0) is 0 Å². The SMILES string of the molecule is CCCCSc1cc(N(CCC)CCC)nc(N/N=C/c2c[nH]c3ccccc23)n1. The van der Waals surface area contributed by atoms with Crippen LogP contribution in [0.3, 0.4) is 0 Å². The molecule has 2 N–H and O–H groups in total. The van der Waals surface area contributed by atoms with Crippen LogP contribution >= 0.6 is 11.8 Å². The van der Waals surface area contributed by atoms with Gasteiger partial charge in [-0.15, -0.1) is 11.8 Å². The molecule has 0 spiro atoms. The lowest BCUT2D eigenvalue weighted by atomic mass is 10.2. The van der Waals surface area contributed by atoms with Gasteiger partial charge in [-0.3, -0.25) is 0 Å². The molecule has 2 aromatic heterocycles. The maximum absolute atomic E-state index is 4.75. The first-order valence-corrected chi connectivity index (χ1v) is 11.9. The first kappa shape index (κ1) is 22.2. The fourth-order valence-corrected chi connectivity index (χ4v) is 4.24. The van der Waals surface area contributed by atoms with Crippen LogP contribution in [0, 0.1) is 0 Å². The van der Waals surface area contributed by atoms with Gasteiger partial charge in [0.1, 0.15) is 10.8 Å². The van der Waals surface area contributed by atoms with Crippen LogP contribution in [0.15, 0.2) is 46.7 Å². The highest BCUT2D eigenvalue weighted by Gasteiger charge is 2.11. The summed E-state index contributed by atoms with van der Waals surface area (Å²) in [6, 6.07) is 10.3. The number of hydrogen-bond acceptors (Lipinski definition) is 6. The third kappa shape index (κ3) is 5.98. The van der Waals surface area contributed by atoms with Crippen molar-refractivity contribution >= 4 is 40.6 Å². The van der Waals surface area contributed by atoms with Crippen molar-refractivity contribution in [2.75, 3.05) is 29.2 Å². The fourth-order valence-electron chi connectivity index (χ4n) is 3.26. The lowest BCUT2D eigenvalue weighted by Crippen LogP contribution is -2.26. The molecule has 0 radical (unpaired) electrons. The largest absolute Gasteiger partial charge is 0.361 e. The summed E-state index contributed by atoms with van der Waals surface area (Å²) in [5.74, 6) is 2.57. The second-order valence-electron chi connectivity index (χ2n) is 7.24. The van der Waals surface area contributed by atoms with Crippen molar-refractivity contribution in [3.05, 3.63) is 42.1 Å². The third-order valence-corrected chi connectivity index (χ3v) is 5.74. The zero-order chi connectivity index (χ0) is 21.2. The van der Waals surface area contributed by atoms with Crippen LogP contribution in [0.1, 0.15) is 52.0 Å². The van der Waals surface area contributed by atoms with Crippen molar-refractivity contribution in [2.24, 2.45) is 5.10 Å². The first-order chi connectivity index (χ1) is 14.7. The number of hydrogen-bond donors (Lipinski definition) is 2. The second kappa shape index (κ2) is 11.6. The highest BCUT2D eigenvalue weighted by molar-refractivity contribution is 7.99. The van der Waals surface area contributed by atoms with Gasteiger partial charge in [-0.2, -0.15) is 10.1 Å². The van der Waals surface area contributed by atoms with Crippen LogP contribution in [0.2, 0.25) is 0 Å². The van der Waals surface area contributed by atoms with Crippen LogP contribution < -0.4 is 10.3 Å². The Labute approximate surface area is 183 Å². The van der Waals surface area contributed by atoms with Gasteiger partial charge in [0, 0.05) is 41.8 Å². The predicted molar refractivity (Wildman–Crippen MR) is 130 cm³/mol. The molecule has 0 aliphatic carbocycles. The van der Waals surface area contributed by atoms with Crippen molar-refractivity contribution in [2.45, 2.75) is 51.5 Å². The number of fused-ring (bicyclic) bond motifs is 1. The number of benzene rings is 1. The number of hydrazone groups is 1. The van der Waals surface area contributed by atoms with Crippen LogP contribution in [-0.4, -0.2) is 40.0 Å². The summed E-state index contributed by atoms with van der Waals surface area (Å²) in [5.41, 5.74) is 5.18. The van der Waals surface area contributed by atoms with E-state index in [0.717, 1.165) is 59.0 Å². The molecule has 0 atom stereocenters. The number of aromatic nitrogens is 3. The maximum atomic E-state index is 4.75. The zero-order valence-electron chi connectivity index (χ0n) is 18.2. The number of aromatic amines is 1. The zero-order valence-corrected chi connectivity index (χ0v) is 19.0. The maximum Gasteiger partial charge on any atom is 0.246 e. The Bertz CT molecular complexity index is 946. The Morgan fingerprint density at radius 3 is 2.67 bits per heavy atom. The predicted octanol–water partition coefficient (Wildman–Crippen LogP) is 5.92. The first-order valence-electron chi connectivity index (χ1n) is 10.9. The lowest BCUT2D eigenvalue weighted by molar-refractivity contribution is 0.730. The number of nitrogens with one attached hydrogen (secondary N) is 2. The van der Waals surface area contributed by atoms with E-state index < -0.39 is 0 Å². The molecule has 160 valence electrons. The summed E-state index contributed by atoms with van der Waals surface area (Å²) in [4.78, 5) is 15.0. The minimum Gasteiger partial charge on any atom is -0.361 e. The van der Waals surface area contributed by atoms with E-state index in [1.807, 2.05) is 24.5 Å². The molecule has 30 heavy (non-hydrogen) atoms. The van der Waals surface area contributed by atoms with Gasteiger partial charge in [-0.25, -0.2) is 10.4 Å². The Morgan fingerprint density at radius 2 is 1.90 bits per heavy atom. The molecule has 0 fully saturated rings. The summed E-state index contributed by atoms with van der Waals surface area (Å²) in [5, 5.41) is 6.56. The molecule has 0 aliphatic heterocycles. The van der Waals surface area contributed by atoms with Gasteiger partial charge in [-0.1, -0.05) is 45.4 Å². The van der Waals surface area contributed by atoms with Crippen molar-refractivity contribution < 1.29 is 0 Å². The van der Waals surface area contributed by atoms with E-state index in [9.17, 15) is 0 Å². The van der Waals surface area contributed by atoms with Crippen molar-refractivity contribution in [3.8, 4) is 0 Å².